The Kier molecular flexibility index (Phi) is 3.74. The van der Waals surface area contributed by atoms with E-state index in [1.807, 2.05) is 0 Å². The standard InChI is InChI=1S/C10H10F2O3/c1-15-10(14)5-9(13)7-4-6(11)2-3-8(7)12/h2-4,9,13H,5H2,1H3/t9-/m1/s1. The largest absolute Gasteiger partial charge is 0.469 e. The van der Waals surface area contributed by atoms with Gasteiger partial charge in [0.15, 0.2) is 0 Å². The Morgan fingerprint density at radius 2 is 2.20 bits per heavy atom. The molecule has 3 nitrogen and oxygen atoms in total. The summed E-state index contributed by atoms with van der Waals surface area (Å²) in [7, 11) is 1.15. The first-order valence-electron chi connectivity index (χ1n) is 4.24. The van der Waals surface area contributed by atoms with E-state index >= 15 is 0 Å². The second kappa shape index (κ2) is 4.84. The van der Waals surface area contributed by atoms with Gasteiger partial charge in [0.1, 0.15) is 11.6 Å². The number of hydrogen-bond acceptors (Lipinski definition) is 3. The van der Waals surface area contributed by atoms with Crippen molar-refractivity contribution in [2.75, 3.05) is 7.11 Å². The number of carbonyl (C=O) groups excluding carboxylic acids is 1. The highest BCUT2D eigenvalue weighted by Gasteiger charge is 2.17. The second-order valence-electron chi connectivity index (χ2n) is 2.96. The Hall–Kier alpha value is -1.49. The fourth-order valence-electron chi connectivity index (χ4n) is 1.12. The van der Waals surface area contributed by atoms with E-state index in [4.69, 9.17) is 0 Å². The van der Waals surface area contributed by atoms with Crippen molar-refractivity contribution in [3.05, 3.63) is 35.4 Å². The molecule has 1 rings (SSSR count). The van der Waals surface area contributed by atoms with Crippen molar-refractivity contribution in [3.63, 3.8) is 0 Å². The molecule has 0 aliphatic heterocycles. The number of ether oxygens (including phenoxy) is 1. The zero-order chi connectivity index (χ0) is 11.4. The number of benzene rings is 1. The van der Waals surface area contributed by atoms with Gasteiger partial charge < -0.3 is 9.84 Å². The number of halogens is 2. The molecule has 82 valence electrons. The predicted molar refractivity (Wildman–Crippen MR) is 48.0 cm³/mol. The molecule has 5 heteroatoms. The van der Waals surface area contributed by atoms with Gasteiger partial charge >= 0.3 is 5.97 Å². The summed E-state index contributed by atoms with van der Waals surface area (Å²) in [5, 5.41) is 9.42. The van der Waals surface area contributed by atoms with Crippen molar-refractivity contribution >= 4 is 5.97 Å². The highest BCUT2D eigenvalue weighted by atomic mass is 19.1. The maximum atomic E-state index is 13.1. The van der Waals surface area contributed by atoms with E-state index in [9.17, 15) is 18.7 Å². The van der Waals surface area contributed by atoms with Crippen LogP contribution in [-0.4, -0.2) is 18.2 Å². The summed E-state index contributed by atoms with van der Waals surface area (Å²) in [6.45, 7) is 0. The first kappa shape index (κ1) is 11.6. The predicted octanol–water partition coefficient (Wildman–Crippen LogP) is 1.56. The lowest BCUT2D eigenvalue weighted by molar-refractivity contribution is -0.142. The lowest BCUT2D eigenvalue weighted by Crippen LogP contribution is -2.09. The van der Waals surface area contributed by atoms with E-state index in [0.29, 0.717) is 0 Å². The van der Waals surface area contributed by atoms with E-state index in [1.165, 1.54) is 0 Å². The van der Waals surface area contributed by atoms with Crippen LogP contribution in [0.3, 0.4) is 0 Å². The van der Waals surface area contributed by atoms with Crippen LogP contribution in [0.5, 0.6) is 0 Å². The number of esters is 1. The minimum Gasteiger partial charge on any atom is -0.469 e. The Morgan fingerprint density at radius 1 is 1.53 bits per heavy atom. The molecule has 0 spiro atoms. The number of carbonyl (C=O) groups is 1. The lowest BCUT2D eigenvalue weighted by Gasteiger charge is -2.10. The molecule has 0 aromatic heterocycles. The number of aliphatic hydroxyl groups excluding tert-OH is 1. The number of methoxy groups -OCH3 is 1. The first-order chi connectivity index (χ1) is 7.04. The van der Waals surface area contributed by atoms with Gasteiger partial charge in [0, 0.05) is 5.56 Å². The van der Waals surface area contributed by atoms with Crippen LogP contribution < -0.4 is 0 Å². The molecule has 0 unspecified atom stereocenters. The molecule has 0 saturated heterocycles. The fourth-order valence-corrected chi connectivity index (χ4v) is 1.12. The molecule has 0 amide bonds. The maximum Gasteiger partial charge on any atom is 0.308 e. The Balaban J connectivity index is 2.85. The van der Waals surface area contributed by atoms with E-state index in [-0.39, 0.29) is 5.56 Å². The van der Waals surface area contributed by atoms with Crippen LogP contribution in [0.1, 0.15) is 18.1 Å². The van der Waals surface area contributed by atoms with E-state index in [0.717, 1.165) is 25.3 Å². The fraction of sp³-hybridized carbons (Fsp3) is 0.300. The van der Waals surface area contributed by atoms with Crippen LogP contribution in [-0.2, 0) is 9.53 Å². The van der Waals surface area contributed by atoms with Crippen LogP contribution in [0.15, 0.2) is 18.2 Å². The molecule has 1 atom stereocenters. The third-order valence-corrected chi connectivity index (χ3v) is 1.90. The van der Waals surface area contributed by atoms with E-state index in [2.05, 4.69) is 4.74 Å². The third-order valence-electron chi connectivity index (χ3n) is 1.90. The molecule has 0 aliphatic carbocycles. The van der Waals surface area contributed by atoms with Crippen LogP contribution >= 0.6 is 0 Å². The van der Waals surface area contributed by atoms with Gasteiger partial charge in [-0.3, -0.25) is 4.79 Å². The van der Waals surface area contributed by atoms with Gasteiger partial charge in [0.25, 0.3) is 0 Å². The molecule has 0 aliphatic rings. The Labute approximate surface area is 85.3 Å². The van der Waals surface area contributed by atoms with Gasteiger partial charge in [-0.05, 0) is 18.2 Å². The van der Waals surface area contributed by atoms with Gasteiger partial charge in [-0.2, -0.15) is 0 Å². The molecule has 1 aromatic carbocycles. The molecule has 1 N–H and O–H groups in total. The summed E-state index contributed by atoms with van der Waals surface area (Å²) >= 11 is 0. The Morgan fingerprint density at radius 3 is 2.80 bits per heavy atom. The van der Waals surface area contributed by atoms with Crippen molar-refractivity contribution in [2.24, 2.45) is 0 Å². The van der Waals surface area contributed by atoms with Crippen molar-refractivity contribution in [1.29, 1.82) is 0 Å². The average molecular weight is 216 g/mol. The molecule has 0 radical (unpaired) electrons. The van der Waals surface area contributed by atoms with Crippen LogP contribution in [0.4, 0.5) is 8.78 Å². The van der Waals surface area contributed by atoms with Gasteiger partial charge in [-0.1, -0.05) is 0 Å². The van der Waals surface area contributed by atoms with Gasteiger partial charge in [-0.15, -0.1) is 0 Å². The van der Waals surface area contributed by atoms with Gasteiger partial charge in [-0.25, -0.2) is 8.78 Å². The van der Waals surface area contributed by atoms with E-state index in [1.54, 1.807) is 0 Å². The van der Waals surface area contributed by atoms with Crippen LogP contribution in [0.25, 0.3) is 0 Å². The number of hydrogen-bond donors (Lipinski definition) is 1. The van der Waals surface area contributed by atoms with Crippen molar-refractivity contribution < 1.29 is 23.4 Å². The van der Waals surface area contributed by atoms with Crippen molar-refractivity contribution in [3.8, 4) is 0 Å². The van der Waals surface area contributed by atoms with Gasteiger partial charge in [0.05, 0.1) is 19.6 Å². The molecular weight excluding hydrogens is 206 g/mol. The summed E-state index contributed by atoms with van der Waals surface area (Å²) in [5.41, 5.74) is -0.250. The zero-order valence-corrected chi connectivity index (χ0v) is 8.04. The van der Waals surface area contributed by atoms with Crippen molar-refractivity contribution in [2.45, 2.75) is 12.5 Å². The second-order valence-corrected chi connectivity index (χ2v) is 2.96. The summed E-state index contributed by atoms with van der Waals surface area (Å²) in [4.78, 5) is 10.8. The summed E-state index contributed by atoms with van der Waals surface area (Å²) in [5.74, 6) is -2.12. The number of aliphatic hydroxyl groups is 1. The van der Waals surface area contributed by atoms with Gasteiger partial charge in [0.2, 0.25) is 0 Å². The molecule has 1 aromatic rings. The number of rotatable bonds is 3. The lowest BCUT2D eigenvalue weighted by atomic mass is 10.1. The molecule has 0 bridgehead atoms. The van der Waals surface area contributed by atoms with Crippen LogP contribution in [0, 0.1) is 11.6 Å². The highest BCUT2D eigenvalue weighted by Crippen LogP contribution is 2.21. The highest BCUT2D eigenvalue weighted by molar-refractivity contribution is 5.70. The summed E-state index contributed by atoms with van der Waals surface area (Å²) < 4.78 is 30.1. The third kappa shape index (κ3) is 2.99. The smallest absolute Gasteiger partial charge is 0.308 e. The Bertz CT molecular complexity index is 366. The van der Waals surface area contributed by atoms with Crippen LogP contribution in [0.2, 0.25) is 0 Å². The quantitative estimate of drug-likeness (QED) is 0.780. The van der Waals surface area contributed by atoms with E-state index < -0.39 is 30.1 Å². The summed E-state index contributed by atoms with van der Waals surface area (Å²) in [6, 6.07) is 2.68. The zero-order valence-electron chi connectivity index (χ0n) is 8.04. The first-order valence-corrected chi connectivity index (χ1v) is 4.24. The average Bonchev–Trinajstić information content (AvgIpc) is 2.21. The minimum absolute atomic E-state index is 0.250. The SMILES string of the molecule is COC(=O)C[C@@H](O)c1cc(F)ccc1F. The van der Waals surface area contributed by atoms with Crippen molar-refractivity contribution in [1.82, 2.24) is 0 Å². The molecular formula is C10H10F2O3. The maximum absolute atomic E-state index is 13.1. The topological polar surface area (TPSA) is 46.5 Å². The molecule has 0 saturated carbocycles. The minimum atomic E-state index is -1.40. The summed E-state index contributed by atoms with van der Waals surface area (Å²) in [6.07, 6.45) is -1.80. The molecule has 0 fully saturated rings. The molecule has 15 heavy (non-hydrogen) atoms. The normalized spacial score (nSPS) is 12.3. The molecule has 0 heterocycles. The monoisotopic (exact) mass is 216 g/mol.